The van der Waals surface area contributed by atoms with Gasteiger partial charge in [-0.2, -0.15) is 0 Å². The zero-order valence-corrected chi connectivity index (χ0v) is 10.2. The van der Waals surface area contributed by atoms with Crippen molar-refractivity contribution in [2.24, 2.45) is 0 Å². The molecule has 0 radical (unpaired) electrons. The minimum Gasteiger partial charge on any atom is -0.390 e. The zero-order valence-electron chi connectivity index (χ0n) is 8.05. The van der Waals surface area contributed by atoms with Crippen molar-refractivity contribution in [3.8, 4) is 0 Å². The van der Waals surface area contributed by atoms with Crippen molar-refractivity contribution in [2.45, 2.75) is 32.3 Å². The topological polar surface area (TPSA) is 20.2 Å². The number of hydrogen-bond acceptors (Lipinski definition) is 1. The Bertz CT molecular complexity index is 258. The molecule has 0 spiro atoms. The SMILES string of the molecule is CC(C)(O)CCc1ccc(I)cc1. The van der Waals surface area contributed by atoms with Gasteiger partial charge in [0, 0.05) is 3.57 Å². The van der Waals surface area contributed by atoms with Gasteiger partial charge in [0.15, 0.2) is 0 Å². The van der Waals surface area contributed by atoms with Crippen LogP contribution in [0.15, 0.2) is 24.3 Å². The molecule has 2 heteroatoms. The van der Waals surface area contributed by atoms with Gasteiger partial charge in [-0.25, -0.2) is 0 Å². The minimum atomic E-state index is -0.553. The molecular weight excluding hydrogens is 275 g/mol. The van der Waals surface area contributed by atoms with Gasteiger partial charge in [-0.15, -0.1) is 0 Å². The van der Waals surface area contributed by atoms with Crippen LogP contribution in [0.4, 0.5) is 0 Å². The van der Waals surface area contributed by atoms with Crippen LogP contribution in [-0.4, -0.2) is 10.7 Å². The Hall–Kier alpha value is -0.0900. The maximum absolute atomic E-state index is 9.53. The average molecular weight is 290 g/mol. The quantitative estimate of drug-likeness (QED) is 0.848. The van der Waals surface area contributed by atoms with Crippen LogP contribution < -0.4 is 0 Å². The van der Waals surface area contributed by atoms with Crippen molar-refractivity contribution in [1.29, 1.82) is 0 Å². The summed E-state index contributed by atoms with van der Waals surface area (Å²) in [6.45, 7) is 3.69. The highest BCUT2D eigenvalue weighted by molar-refractivity contribution is 14.1. The number of aliphatic hydroxyl groups is 1. The summed E-state index contributed by atoms with van der Waals surface area (Å²) in [5.74, 6) is 0. The van der Waals surface area contributed by atoms with E-state index >= 15 is 0 Å². The highest BCUT2D eigenvalue weighted by Gasteiger charge is 2.11. The predicted octanol–water partition coefficient (Wildman–Crippen LogP) is 2.99. The maximum atomic E-state index is 9.53. The Labute approximate surface area is 93.3 Å². The van der Waals surface area contributed by atoms with Gasteiger partial charge in [0.1, 0.15) is 0 Å². The van der Waals surface area contributed by atoms with Crippen LogP contribution in [0, 0.1) is 3.57 Å². The second kappa shape index (κ2) is 4.42. The second-order valence-corrected chi connectivity index (χ2v) is 5.18. The molecule has 0 fully saturated rings. The van der Waals surface area contributed by atoms with Crippen LogP contribution in [-0.2, 0) is 6.42 Å². The highest BCUT2D eigenvalue weighted by atomic mass is 127. The molecule has 0 saturated carbocycles. The first-order valence-electron chi connectivity index (χ1n) is 4.44. The van der Waals surface area contributed by atoms with Crippen molar-refractivity contribution >= 4 is 22.6 Å². The van der Waals surface area contributed by atoms with Crippen molar-refractivity contribution in [1.82, 2.24) is 0 Å². The molecule has 0 aliphatic rings. The molecule has 0 unspecified atom stereocenters. The van der Waals surface area contributed by atoms with E-state index in [9.17, 15) is 5.11 Å². The lowest BCUT2D eigenvalue weighted by molar-refractivity contribution is 0.0714. The Morgan fingerprint density at radius 1 is 1.23 bits per heavy atom. The van der Waals surface area contributed by atoms with E-state index in [4.69, 9.17) is 0 Å². The Kier molecular flexibility index (Phi) is 3.74. The van der Waals surface area contributed by atoms with E-state index in [1.165, 1.54) is 9.13 Å². The summed E-state index contributed by atoms with van der Waals surface area (Å²) in [4.78, 5) is 0. The van der Waals surface area contributed by atoms with E-state index < -0.39 is 5.60 Å². The first-order valence-corrected chi connectivity index (χ1v) is 5.52. The van der Waals surface area contributed by atoms with E-state index in [1.54, 1.807) is 0 Å². The standard InChI is InChI=1S/C11H15IO/c1-11(2,13)8-7-9-3-5-10(12)6-4-9/h3-6,13H,7-8H2,1-2H3. The van der Waals surface area contributed by atoms with Crippen molar-refractivity contribution in [3.63, 3.8) is 0 Å². The molecule has 1 aromatic carbocycles. The summed E-state index contributed by atoms with van der Waals surface area (Å²) >= 11 is 2.29. The van der Waals surface area contributed by atoms with E-state index in [0.29, 0.717) is 0 Å². The number of benzene rings is 1. The number of hydrogen-bond donors (Lipinski definition) is 1. The monoisotopic (exact) mass is 290 g/mol. The van der Waals surface area contributed by atoms with Gasteiger partial charge in [-0.05, 0) is 67.0 Å². The van der Waals surface area contributed by atoms with Gasteiger partial charge in [0.2, 0.25) is 0 Å². The van der Waals surface area contributed by atoms with E-state index in [1.807, 2.05) is 13.8 Å². The first kappa shape index (κ1) is 11.0. The lowest BCUT2D eigenvalue weighted by atomic mass is 9.99. The van der Waals surface area contributed by atoms with Crippen LogP contribution in [0.3, 0.4) is 0 Å². The fourth-order valence-corrected chi connectivity index (χ4v) is 1.46. The highest BCUT2D eigenvalue weighted by Crippen LogP contribution is 2.14. The van der Waals surface area contributed by atoms with Gasteiger partial charge >= 0.3 is 0 Å². The van der Waals surface area contributed by atoms with Gasteiger partial charge in [-0.1, -0.05) is 12.1 Å². The lowest BCUT2D eigenvalue weighted by Gasteiger charge is -2.16. The summed E-state index contributed by atoms with van der Waals surface area (Å²) in [7, 11) is 0. The van der Waals surface area contributed by atoms with Crippen LogP contribution in [0.1, 0.15) is 25.8 Å². The molecule has 0 amide bonds. The van der Waals surface area contributed by atoms with Crippen LogP contribution >= 0.6 is 22.6 Å². The molecule has 0 atom stereocenters. The van der Waals surface area contributed by atoms with Crippen LogP contribution in [0.2, 0.25) is 0 Å². The molecule has 0 aliphatic carbocycles. The molecule has 72 valence electrons. The molecule has 0 aliphatic heterocycles. The molecule has 1 rings (SSSR count). The molecule has 1 aromatic rings. The summed E-state index contributed by atoms with van der Waals surface area (Å²) < 4.78 is 1.25. The molecular formula is C11H15IO. The third-order valence-corrected chi connectivity index (χ3v) is 2.66. The van der Waals surface area contributed by atoms with Gasteiger partial charge in [-0.3, -0.25) is 0 Å². The number of halogens is 1. The molecule has 13 heavy (non-hydrogen) atoms. The normalized spacial score (nSPS) is 11.7. The minimum absolute atomic E-state index is 0.553. The third-order valence-electron chi connectivity index (χ3n) is 1.94. The van der Waals surface area contributed by atoms with E-state index in [0.717, 1.165) is 12.8 Å². The van der Waals surface area contributed by atoms with E-state index in [-0.39, 0.29) is 0 Å². The molecule has 0 saturated heterocycles. The predicted molar refractivity (Wildman–Crippen MR) is 63.8 cm³/mol. The smallest absolute Gasteiger partial charge is 0.0594 e. The Balaban J connectivity index is 2.51. The fourth-order valence-electron chi connectivity index (χ4n) is 1.10. The van der Waals surface area contributed by atoms with Crippen molar-refractivity contribution in [2.75, 3.05) is 0 Å². The van der Waals surface area contributed by atoms with Gasteiger partial charge in [0.05, 0.1) is 5.60 Å². The van der Waals surface area contributed by atoms with Crippen LogP contribution in [0.5, 0.6) is 0 Å². The first-order chi connectivity index (χ1) is 5.97. The number of aryl methyl sites for hydroxylation is 1. The summed E-state index contributed by atoms with van der Waals surface area (Å²) in [5, 5.41) is 9.53. The maximum Gasteiger partial charge on any atom is 0.0594 e. The molecule has 0 aromatic heterocycles. The summed E-state index contributed by atoms with van der Waals surface area (Å²) in [6.07, 6.45) is 1.76. The van der Waals surface area contributed by atoms with Crippen LogP contribution in [0.25, 0.3) is 0 Å². The largest absolute Gasteiger partial charge is 0.390 e. The molecule has 1 nitrogen and oxygen atoms in total. The Morgan fingerprint density at radius 3 is 2.23 bits per heavy atom. The molecule has 0 heterocycles. The fraction of sp³-hybridized carbons (Fsp3) is 0.455. The Morgan fingerprint density at radius 2 is 1.77 bits per heavy atom. The molecule has 1 N–H and O–H groups in total. The molecule has 0 bridgehead atoms. The zero-order chi connectivity index (χ0) is 9.90. The summed E-state index contributed by atoms with van der Waals surface area (Å²) in [6, 6.07) is 8.43. The van der Waals surface area contributed by atoms with E-state index in [2.05, 4.69) is 46.9 Å². The van der Waals surface area contributed by atoms with Gasteiger partial charge < -0.3 is 5.11 Å². The lowest BCUT2D eigenvalue weighted by Crippen LogP contribution is -2.19. The third kappa shape index (κ3) is 4.62. The number of rotatable bonds is 3. The van der Waals surface area contributed by atoms with Crippen molar-refractivity contribution < 1.29 is 5.11 Å². The second-order valence-electron chi connectivity index (χ2n) is 3.94. The average Bonchev–Trinajstić information content (AvgIpc) is 2.02. The van der Waals surface area contributed by atoms with Gasteiger partial charge in [0.25, 0.3) is 0 Å². The summed E-state index contributed by atoms with van der Waals surface area (Å²) in [5.41, 5.74) is 0.741. The van der Waals surface area contributed by atoms with Crippen molar-refractivity contribution in [3.05, 3.63) is 33.4 Å².